The van der Waals surface area contributed by atoms with Gasteiger partial charge in [-0.2, -0.15) is 0 Å². The molecule has 0 saturated heterocycles. The van der Waals surface area contributed by atoms with Crippen LogP contribution in [0.2, 0.25) is 0 Å². The molecule has 0 fully saturated rings. The average molecular weight is 212 g/mol. The smallest absolute Gasteiger partial charge is 0.205 e. The molecule has 0 N–H and O–H groups in total. The molecule has 0 amide bonds. The van der Waals surface area contributed by atoms with E-state index in [9.17, 15) is 8.42 Å². The van der Waals surface area contributed by atoms with Gasteiger partial charge in [-0.3, -0.25) is 0 Å². The lowest BCUT2D eigenvalue weighted by atomic mass is 10.4. The first-order valence-corrected chi connectivity index (χ1v) is 5.85. The Labute approximate surface area is 86.3 Å². The summed E-state index contributed by atoms with van der Waals surface area (Å²) >= 11 is 0. The Hall–Kier alpha value is -1.09. The molecule has 78 valence electrons. The zero-order valence-electron chi connectivity index (χ0n) is 8.82. The summed E-state index contributed by atoms with van der Waals surface area (Å²) in [5, 5.41) is 0. The summed E-state index contributed by atoms with van der Waals surface area (Å²) in [4.78, 5) is 0.539. The molecule has 0 aromatic rings. The Morgan fingerprint density at radius 2 is 1.57 bits per heavy atom. The summed E-state index contributed by atoms with van der Waals surface area (Å²) in [5.74, 6) is 0. The van der Waals surface area contributed by atoms with Crippen molar-refractivity contribution in [3.63, 3.8) is 0 Å². The number of hydrogen-bond donors (Lipinski definition) is 0. The summed E-state index contributed by atoms with van der Waals surface area (Å²) in [6, 6.07) is 0. The maximum Gasteiger partial charge on any atom is 0.205 e. The third-order valence-corrected chi connectivity index (χ3v) is 3.74. The molecule has 0 atom stereocenters. The standard InChI is InChI=1S/C11H16O2S/c1-5-9-11(8-4)14(12,13)10(6-2)7-3/h5-9H,2H2,1,3-4H3/b9-5-,10-7+,11-8+. The average Bonchev–Trinajstić information content (AvgIpc) is 2.15. The van der Waals surface area contributed by atoms with Crippen molar-refractivity contribution in [1.29, 1.82) is 0 Å². The number of rotatable bonds is 4. The lowest BCUT2D eigenvalue weighted by molar-refractivity contribution is 0.609. The molecule has 0 bridgehead atoms. The highest BCUT2D eigenvalue weighted by Gasteiger charge is 2.17. The van der Waals surface area contributed by atoms with E-state index in [4.69, 9.17) is 0 Å². The van der Waals surface area contributed by atoms with Gasteiger partial charge in [-0.25, -0.2) is 8.42 Å². The third kappa shape index (κ3) is 2.70. The van der Waals surface area contributed by atoms with E-state index in [1.807, 2.05) is 0 Å². The van der Waals surface area contributed by atoms with Gasteiger partial charge in [0.2, 0.25) is 9.84 Å². The lowest BCUT2D eigenvalue weighted by Crippen LogP contribution is -2.03. The van der Waals surface area contributed by atoms with Crippen LogP contribution in [0.5, 0.6) is 0 Å². The summed E-state index contributed by atoms with van der Waals surface area (Å²) in [6.07, 6.45) is 7.73. The highest BCUT2D eigenvalue weighted by molar-refractivity contribution is 7.99. The van der Waals surface area contributed by atoms with Crippen LogP contribution < -0.4 is 0 Å². The van der Waals surface area contributed by atoms with Gasteiger partial charge < -0.3 is 0 Å². The van der Waals surface area contributed by atoms with E-state index < -0.39 is 9.84 Å². The van der Waals surface area contributed by atoms with Crippen molar-refractivity contribution < 1.29 is 8.42 Å². The fraction of sp³-hybridized carbons (Fsp3) is 0.273. The summed E-state index contributed by atoms with van der Waals surface area (Å²) in [7, 11) is -3.36. The van der Waals surface area contributed by atoms with Gasteiger partial charge in [-0.15, -0.1) is 0 Å². The molecule has 0 saturated carbocycles. The van der Waals surface area contributed by atoms with Crippen LogP contribution in [-0.2, 0) is 9.84 Å². The van der Waals surface area contributed by atoms with Crippen molar-refractivity contribution in [3.05, 3.63) is 46.8 Å². The normalized spacial score (nSPS) is 14.8. The molecule has 0 aliphatic rings. The maximum absolute atomic E-state index is 11.9. The van der Waals surface area contributed by atoms with E-state index in [0.717, 1.165) is 0 Å². The molecule has 0 rings (SSSR count). The predicted molar refractivity (Wildman–Crippen MR) is 61.4 cm³/mol. The molecule has 14 heavy (non-hydrogen) atoms. The first kappa shape index (κ1) is 12.9. The molecular formula is C11H16O2S. The molecule has 0 unspecified atom stereocenters. The van der Waals surface area contributed by atoms with Crippen LogP contribution in [0.1, 0.15) is 20.8 Å². The van der Waals surface area contributed by atoms with Crippen LogP contribution in [0.3, 0.4) is 0 Å². The molecule has 3 heteroatoms. The largest absolute Gasteiger partial charge is 0.219 e. The van der Waals surface area contributed by atoms with Crippen molar-refractivity contribution in [1.82, 2.24) is 0 Å². The highest BCUT2D eigenvalue weighted by Crippen LogP contribution is 2.19. The topological polar surface area (TPSA) is 34.1 Å². The molecule has 0 aromatic heterocycles. The van der Waals surface area contributed by atoms with Crippen molar-refractivity contribution in [2.45, 2.75) is 20.8 Å². The van der Waals surface area contributed by atoms with E-state index in [0.29, 0.717) is 4.91 Å². The minimum Gasteiger partial charge on any atom is -0.219 e. The van der Waals surface area contributed by atoms with E-state index >= 15 is 0 Å². The Bertz CT molecular complexity index is 382. The Morgan fingerprint density at radius 3 is 1.86 bits per heavy atom. The van der Waals surface area contributed by atoms with Gasteiger partial charge in [0.1, 0.15) is 0 Å². The molecule has 0 aliphatic carbocycles. The van der Waals surface area contributed by atoms with E-state index in [2.05, 4.69) is 6.58 Å². The molecule has 0 aliphatic heterocycles. The van der Waals surface area contributed by atoms with E-state index in [1.165, 1.54) is 12.2 Å². The van der Waals surface area contributed by atoms with Gasteiger partial charge in [0.05, 0.1) is 9.81 Å². The van der Waals surface area contributed by atoms with Crippen LogP contribution >= 0.6 is 0 Å². The second kappa shape index (κ2) is 5.60. The van der Waals surface area contributed by atoms with Gasteiger partial charge in [0, 0.05) is 0 Å². The van der Waals surface area contributed by atoms with Crippen LogP contribution in [0.4, 0.5) is 0 Å². The minimum atomic E-state index is -3.36. The van der Waals surface area contributed by atoms with Crippen LogP contribution in [0, 0.1) is 0 Å². The Kier molecular flexibility index (Phi) is 5.16. The minimum absolute atomic E-state index is 0.240. The van der Waals surface area contributed by atoms with Crippen LogP contribution in [-0.4, -0.2) is 8.42 Å². The second-order valence-electron chi connectivity index (χ2n) is 2.59. The maximum atomic E-state index is 11.9. The van der Waals surface area contributed by atoms with Crippen molar-refractivity contribution >= 4 is 9.84 Å². The van der Waals surface area contributed by atoms with Crippen LogP contribution in [0.25, 0.3) is 0 Å². The van der Waals surface area contributed by atoms with Gasteiger partial charge in [-0.1, -0.05) is 30.9 Å². The Morgan fingerprint density at radius 1 is 1.07 bits per heavy atom. The van der Waals surface area contributed by atoms with Crippen molar-refractivity contribution in [2.75, 3.05) is 0 Å². The molecule has 0 heterocycles. The Balaban J connectivity index is 5.46. The highest BCUT2D eigenvalue weighted by atomic mass is 32.2. The summed E-state index contributed by atoms with van der Waals surface area (Å²) in [6.45, 7) is 8.63. The zero-order valence-corrected chi connectivity index (χ0v) is 9.64. The fourth-order valence-corrected chi connectivity index (χ4v) is 2.45. The van der Waals surface area contributed by atoms with E-state index in [1.54, 1.807) is 39.0 Å². The molecular weight excluding hydrogens is 196 g/mol. The lowest BCUT2D eigenvalue weighted by Gasteiger charge is -2.04. The van der Waals surface area contributed by atoms with Crippen molar-refractivity contribution in [2.24, 2.45) is 0 Å². The molecule has 0 radical (unpaired) electrons. The van der Waals surface area contributed by atoms with Gasteiger partial charge >= 0.3 is 0 Å². The van der Waals surface area contributed by atoms with Crippen LogP contribution in [0.15, 0.2) is 46.8 Å². The number of hydrogen-bond acceptors (Lipinski definition) is 2. The quantitative estimate of drug-likeness (QED) is 0.671. The first-order chi connectivity index (χ1) is 6.54. The number of allylic oxidation sites excluding steroid dienone is 5. The van der Waals surface area contributed by atoms with Gasteiger partial charge in [0.15, 0.2) is 0 Å². The van der Waals surface area contributed by atoms with Gasteiger partial charge in [-0.05, 0) is 26.8 Å². The SMILES string of the molecule is C=C/C(=C\C)S(=O)(=O)C(/C=C\C)=C/C. The van der Waals surface area contributed by atoms with E-state index in [-0.39, 0.29) is 4.91 Å². The fourth-order valence-electron chi connectivity index (χ4n) is 1.02. The summed E-state index contributed by atoms with van der Waals surface area (Å²) in [5.41, 5.74) is 0. The van der Waals surface area contributed by atoms with Gasteiger partial charge in [0.25, 0.3) is 0 Å². The van der Waals surface area contributed by atoms with Crippen molar-refractivity contribution in [3.8, 4) is 0 Å². The number of sulfone groups is 1. The molecule has 0 aromatic carbocycles. The molecule has 0 spiro atoms. The predicted octanol–water partition coefficient (Wildman–Crippen LogP) is 2.97. The third-order valence-electron chi connectivity index (χ3n) is 1.72. The summed E-state index contributed by atoms with van der Waals surface area (Å²) < 4.78 is 23.7. The second-order valence-corrected chi connectivity index (χ2v) is 4.54. The monoisotopic (exact) mass is 212 g/mol. The molecule has 2 nitrogen and oxygen atoms in total. The first-order valence-electron chi connectivity index (χ1n) is 4.37. The zero-order chi connectivity index (χ0) is 11.2.